The largest absolute Gasteiger partial charge is 0.493 e. The minimum absolute atomic E-state index is 0.00907. The first kappa shape index (κ1) is 16.5. The van der Waals surface area contributed by atoms with E-state index < -0.39 is 5.82 Å². The molecule has 0 aliphatic carbocycles. The monoisotopic (exact) mass is 310 g/mol. The molecule has 2 rings (SSSR count). The second kappa shape index (κ2) is 6.96. The Kier molecular flexibility index (Phi) is 5.24. The predicted molar refractivity (Wildman–Crippen MR) is 81.8 cm³/mol. The molecule has 1 saturated heterocycles. The average molecular weight is 310 g/mol. The van der Waals surface area contributed by atoms with E-state index in [2.05, 4.69) is 0 Å². The number of ether oxygens (including phenoxy) is 2. The van der Waals surface area contributed by atoms with Crippen LogP contribution in [-0.4, -0.2) is 43.7 Å². The van der Waals surface area contributed by atoms with Gasteiger partial charge in [-0.1, -0.05) is 0 Å². The maximum Gasteiger partial charge on any atom is 0.257 e. The lowest BCUT2D eigenvalue weighted by Gasteiger charge is -2.38. The highest BCUT2D eigenvalue weighted by Crippen LogP contribution is 2.31. The van der Waals surface area contributed by atoms with E-state index in [1.165, 1.54) is 26.4 Å². The molecule has 1 aromatic rings. The smallest absolute Gasteiger partial charge is 0.257 e. The van der Waals surface area contributed by atoms with Crippen molar-refractivity contribution in [2.24, 2.45) is 5.73 Å². The highest BCUT2D eigenvalue weighted by atomic mass is 19.1. The molecule has 5 nitrogen and oxygen atoms in total. The van der Waals surface area contributed by atoms with Gasteiger partial charge in [0.15, 0.2) is 11.5 Å². The number of rotatable bonds is 4. The third kappa shape index (κ3) is 3.16. The first-order valence-electron chi connectivity index (χ1n) is 7.47. The van der Waals surface area contributed by atoms with Crippen molar-refractivity contribution in [3.63, 3.8) is 0 Å². The molecule has 2 N–H and O–H groups in total. The van der Waals surface area contributed by atoms with Crippen LogP contribution >= 0.6 is 0 Å². The van der Waals surface area contributed by atoms with Crippen LogP contribution in [0.2, 0.25) is 0 Å². The Bertz CT molecular complexity index is 548. The number of hydrogen-bond donors (Lipinski definition) is 1. The average Bonchev–Trinajstić information content (AvgIpc) is 2.53. The summed E-state index contributed by atoms with van der Waals surface area (Å²) < 4.78 is 24.5. The molecule has 0 aromatic heterocycles. The lowest BCUT2D eigenvalue weighted by molar-refractivity contribution is 0.0578. The summed E-state index contributed by atoms with van der Waals surface area (Å²) in [6, 6.07) is 2.36. The molecule has 2 atom stereocenters. The van der Waals surface area contributed by atoms with Crippen LogP contribution in [0.3, 0.4) is 0 Å². The van der Waals surface area contributed by atoms with E-state index in [4.69, 9.17) is 15.2 Å². The molecular weight excluding hydrogens is 287 g/mol. The third-order valence-electron chi connectivity index (χ3n) is 4.12. The SMILES string of the molecule is COc1cc(F)c(C(=O)N2CCCC[C@@H]2[C@H](C)N)cc1OC. The van der Waals surface area contributed by atoms with Crippen molar-refractivity contribution in [3.8, 4) is 11.5 Å². The summed E-state index contributed by atoms with van der Waals surface area (Å²) in [4.78, 5) is 14.4. The molecule has 1 heterocycles. The highest BCUT2D eigenvalue weighted by Gasteiger charge is 2.31. The number of methoxy groups -OCH3 is 2. The third-order valence-corrected chi connectivity index (χ3v) is 4.12. The van der Waals surface area contributed by atoms with E-state index in [0.29, 0.717) is 12.3 Å². The van der Waals surface area contributed by atoms with Crippen molar-refractivity contribution < 1.29 is 18.7 Å². The lowest BCUT2D eigenvalue weighted by Crippen LogP contribution is -2.51. The second-order valence-corrected chi connectivity index (χ2v) is 5.61. The summed E-state index contributed by atoms with van der Waals surface area (Å²) in [5.41, 5.74) is 5.97. The van der Waals surface area contributed by atoms with Gasteiger partial charge < -0.3 is 20.1 Å². The zero-order chi connectivity index (χ0) is 16.3. The first-order valence-corrected chi connectivity index (χ1v) is 7.47. The Morgan fingerprint density at radius 2 is 1.95 bits per heavy atom. The van der Waals surface area contributed by atoms with Gasteiger partial charge in [0, 0.05) is 24.7 Å². The second-order valence-electron chi connectivity index (χ2n) is 5.61. The summed E-state index contributed by atoms with van der Waals surface area (Å²) >= 11 is 0. The Balaban J connectivity index is 2.35. The van der Waals surface area contributed by atoms with Crippen molar-refractivity contribution in [2.75, 3.05) is 20.8 Å². The molecular formula is C16H23FN2O3. The van der Waals surface area contributed by atoms with Crippen LogP contribution in [0.25, 0.3) is 0 Å². The van der Waals surface area contributed by atoms with Gasteiger partial charge in [-0.25, -0.2) is 4.39 Å². The molecule has 122 valence electrons. The quantitative estimate of drug-likeness (QED) is 0.926. The van der Waals surface area contributed by atoms with Crippen molar-refractivity contribution in [3.05, 3.63) is 23.5 Å². The molecule has 1 fully saturated rings. The van der Waals surface area contributed by atoms with Gasteiger partial charge in [0.2, 0.25) is 0 Å². The van der Waals surface area contributed by atoms with Crippen molar-refractivity contribution >= 4 is 5.91 Å². The van der Waals surface area contributed by atoms with E-state index in [-0.39, 0.29) is 29.3 Å². The van der Waals surface area contributed by atoms with Crippen LogP contribution in [0.4, 0.5) is 4.39 Å². The van der Waals surface area contributed by atoms with Gasteiger partial charge in [-0.05, 0) is 32.3 Å². The van der Waals surface area contributed by atoms with Crippen LogP contribution in [-0.2, 0) is 0 Å². The Hall–Kier alpha value is -1.82. The van der Waals surface area contributed by atoms with Crippen molar-refractivity contribution in [1.29, 1.82) is 0 Å². The van der Waals surface area contributed by atoms with E-state index in [1.807, 2.05) is 6.92 Å². The maximum absolute atomic E-state index is 14.3. The van der Waals surface area contributed by atoms with Gasteiger partial charge in [-0.2, -0.15) is 0 Å². The molecule has 1 aromatic carbocycles. The van der Waals surface area contributed by atoms with Gasteiger partial charge in [0.1, 0.15) is 5.82 Å². The molecule has 0 bridgehead atoms. The number of halogens is 1. The van der Waals surface area contributed by atoms with Crippen molar-refractivity contribution in [2.45, 2.75) is 38.3 Å². The maximum atomic E-state index is 14.3. The molecule has 1 aliphatic heterocycles. The predicted octanol–water partition coefficient (Wildman–Crippen LogP) is 2.18. The number of benzene rings is 1. The number of likely N-dealkylation sites (tertiary alicyclic amines) is 1. The molecule has 1 aliphatic rings. The zero-order valence-electron chi connectivity index (χ0n) is 13.3. The van der Waals surface area contributed by atoms with Crippen LogP contribution in [0.1, 0.15) is 36.5 Å². The molecule has 1 amide bonds. The minimum Gasteiger partial charge on any atom is -0.493 e. The number of amides is 1. The number of piperidine rings is 1. The van der Waals surface area contributed by atoms with Gasteiger partial charge in [0.05, 0.1) is 19.8 Å². The van der Waals surface area contributed by atoms with E-state index in [1.54, 1.807) is 4.90 Å². The van der Waals surface area contributed by atoms with Gasteiger partial charge >= 0.3 is 0 Å². The fourth-order valence-corrected chi connectivity index (χ4v) is 2.93. The number of carbonyl (C=O) groups excluding carboxylic acids is 1. The standard InChI is InChI=1S/C16H23FN2O3/c1-10(18)13-6-4-5-7-19(13)16(20)11-8-14(21-2)15(22-3)9-12(11)17/h8-10,13H,4-7,18H2,1-3H3/t10-,13+/m0/s1. The Morgan fingerprint density at radius 1 is 1.32 bits per heavy atom. The molecule has 0 radical (unpaired) electrons. The Labute approximate surface area is 130 Å². The fraction of sp³-hybridized carbons (Fsp3) is 0.562. The van der Waals surface area contributed by atoms with Crippen LogP contribution in [0.15, 0.2) is 12.1 Å². The summed E-state index contributed by atoms with van der Waals surface area (Å²) in [6.45, 7) is 2.47. The zero-order valence-corrected chi connectivity index (χ0v) is 13.3. The van der Waals surface area contributed by atoms with Crippen LogP contribution < -0.4 is 15.2 Å². The van der Waals surface area contributed by atoms with Gasteiger partial charge in [-0.15, -0.1) is 0 Å². The number of carbonyl (C=O) groups is 1. The molecule has 0 saturated carbocycles. The van der Waals surface area contributed by atoms with E-state index >= 15 is 0 Å². The topological polar surface area (TPSA) is 64.8 Å². The molecule has 6 heteroatoms. The molecule has 22 heavy (non-hydrogen) atoms. The summed E-state index contributed by atoms with van der Waals surface area (Å²) in [6.07, 6.45) is 2.78. The highest BCUT2D eigenvalue weighted by molar-refractivity contribution is 5.95. The number of hydrogen-bond acceptors (Lipinski definition) is 4. The first-order chi connectivity index (χ1) is 10.5. The lowest BCUT2D eigenvalue weighted by atomic mass is 9.96. The van der Waals surface area contributed by atoms with E-state index in [9.17, 15) is 9.18 Å². The summed E-state index contributed by atoms with van der Waals surface area (Å²) in [5, 5.41) is 0. The molecule has 0 spiro atoms. The number of nitrogens with two attached hydrogens (primary N) is 1. The summed E-state index contributed by atoms with van der Waals surface area (Å²) in [5.74, 6) is -0.363. The normalized spacial score (nSPS) is 19.7. The summed E-state index contributed by atoms with van der Waals surface area (Å²) in [7, 11) is 2.88. The van der Waals surface area contributed by atoms with Crippen LogP contribution in [0, 0.1) is 5.82 Å². The van der Waals surface area contributed by atoms with Crippen LogP contribution in [0.5, 0.6) is 11.5 Å². The fourth-order valence-electron chi connectivity index (χ4n) is 2.93. The van der Waals surface area contributed by atoms with Crippen molar-refractivity contribution in [1.82, 2.24) is 4.90 Å². The number of nitrogens with zero attached hydrogens (tertiary/aromatic N) is 1. The molecule has 0 unspecified atom stereocenters. The Morgan fingerprint density at radius 3 is 2.55 bits per heavy atom. The van der Waals surface area contributed by atoms with Gasteiger partial charge in [0.25, 0.3) is 5.91 Å². The van der Waals surface area contributed by atoms with E-state index in [0.717, 1.165) is 19.3 Å². The van der Waals surface area contributed by atoms with Gasteiger partial charge in [-0.3, -0.25) is 4.79 Å². The minimum atomic E-state index is -0.614.